The third kappa shape index (κ3) is 3.07. The fourth-order valence-electron chi connectivity index (χ4n) is 1.66. The van der Waals surface area contributed by atoms with E-state index in [9.17, 15) is 13.2 Å². The number of halogens is 4. The first-order valence-corrected chi connectivity index (χ1v) is 5.21. The van der Waals surface area contributed by atoms with E-state index in [4.69, 9.17) is 0 Å². The van der Waals surface area contributed by atoms with Crippen LogP contribution in [0.1, 0.15) is 12.0 Å². The number of hydrazone groups is 1. The van der Waals surface area contributed by atoms with Crippen LogP contribution in [-0.2, 0) is 6.18 Å². The van der Waals surface area contributed by atoms with E-state index in [1.165, 1.54) is 6.07 Å². The van der Waals surface area contributed by atoms with Gasteiger partial charge < -0.3 is 5.32 Å². The summed E-state index contributed by atoms with van der Waals surface area (Å²) in [5.41, 5.74) is -0.187. The predicted molar refractivity (Wildman–Crippen MR) is 67.1 cm³/mol. The Morgan fingerprint density at radius 1 is 1.33 bits per heavy atom. The molecular formula is C11H13ClF3N3. The summed E-state index contributed by atoms with van der Waals surface area (Å²) in [6.07, 6.45) is -3.60. The second kappa shape index (κ2) is 5.48. The number of anilines is 1. The van der Waals surface area contributed by atoms with Crippen LogP contribution in [0.25, 0.3) is 0 Å². The van der Waals surface area contributed by atoms with E-state index in [-0.39, 0.29) is 12.4 Å². The van der Waals surface area contributed by atoms with Crippen molar-refractivity contribution in [2.75, 3.05) is 18.6 Å². The molecule has 1 aliphatic heterocycles. The van der Waals surface area contributed by atoms with Crippen molar-refractivity contribution >= 4 is 23.9 Å². The zero-order chi connectivity index (χ0) is 12.5. The van der Waals surface area contributed by atoms with E-state index in [1.807, 2.05) is 0 Å². The van der Waals surface area contributed by atoms with Gasteiger partial charge in [0, 0.05) is 20.0 Å². The summed E-state index contributed by atoms with van der Waals surface area (Å²) in [6, 6.07) is 5.19. The summed E-state index contributed by atoms with van der Waals surface area (Å²) >= 11 is 0. The van der Waals surface area contributed by atoms with Crippen molar-refractivity contribution in [3.63, 3.8) is 0 Å². The van der Waals surface area contributed by atoms with Gasteiger partial charge in [0.25, 0.3) is 0 Å². The fourth-order valence-corrected chi connectivity index (χ4v) is 1.66. The number of nitrogens with zero attached hydrogens (tertiary/aromatic N) is 2. The Kier molecular flexibility index (Phi) is 4.45. The Morgan fingerprint density at radius 3 is 2.61 bits per heavy atom. The topological polar surface area (TPSA) is 27.6 Å². The van der Waals surface area contributed by atoms with Crippen LogP contribution in [0.3, 0.4) is 0 Å². The number of nitrogens with one attached hydrogen (secondary N) is 1. The van der Waals surface area contributed by atoms with E-state index in [0.29, 0.717) is 18.7 Å². The number of hydrogen-bond acceptors (Lipinski definition) is 3. The van der Waals surface area contributed by atoms with Crippen LogP contribution in [-0.4, -0.2) is 19.4 Å². The number of alkyl halides is 3. The van der Waals surface area contributed by atoms with Gasteiger partial charge in [-0.1, -0.05) is 6.07 Å². The highest BCUT2D eigenvalue weighted by Crippen LogP contribution is 2.32. The van der Waals surface area contributed by atoms with Crippen LogP contribution in [0.5, 0.6) is 0 Å². The molecule has 0 aromatic heterocycles. The molecule has 0 amide bonds. The lowest BCUT2D eigenvalue weighted by Gasteiger charge is -2.15. The van der Waals surface area contributed by atoms with Crippen LogP contribution in [0.15, 0.2) is 29.4 Å². The van der Waals surface area contributed by atoms with Crippen molar-refractivity contribution in [2.45, 2.75) is 12.6 Å². The van der Waals surface area contributed by atoms with Crippen molar-refractivity contribution in [2.24, 2.45) is 5.10 Å². The maximum Gasteiger partial charge on any atom is 0.416 e. The SMILES string of the molecule is CNC1=NN(c2cccc(C(F)(F)F)c2)CC1.Cl. The van der Waals surface area contributed by atoms with Gasteiger partial charge in [-0.2, -0.15) is 18.3 Å². The van der Waals surface area contributed by atoms with Crippen molar-refractivity contribution in [1.29, 1.82) is 0 Å². The van der Waals surface area contributed by atoms with E-state index < -0.39 is 11.7 Å². The van der Waals surface area contributed by atoms with Crippen LogP contribution in [0.2, 0.25) is 0 Å². The second-order valence-corrected chi connectivity index (χ2v) is 3.72. The van der Waals surface area contributed by atoms with Crippen molar-refractivity contribution in [3.8, 4) is 0 Å². The van der Waals surface area contributed by atoms with E-state index >= 15 is 0 Å². The van der Waals surface area contributed by atoms with E-state index in [2.05, 4.69) is 10.4 Å². The zero-order valence-electron chi connectivity index (χ0n) is 9.66. The summed E-state index contributed by atoms with van der Waals surface area (Å²) in [4.78, 5) is 0. The molecule has 1 heterocycles. The molecule has 100 valence electrons. The van der Waals surface area contributed by atoms with Crippen LogP contribution < -0.4 is 10.3 Å². The average molecular weight is 280 g/mol. The van der Waals surface area contributed by atoms with Crippen molar-refractivity contribution in [3.05, 3.63) is 29.8 Å². The van der Waals surface area contributed by atoms with Gasteiger partial charge in [-0.15, -0.1) is 12.4 Å². The van der Waals surface area contributed by atoms with Gasteiger partial charge in [0.1, 0.15) is 5.84 Å². The lowest BCUT2D eigenvalue weighted by Crippen LogP contribution is -2.15. The van der Waals surface area contributed by atoms with Gasteiger partial charge in [0.05, 0.1) is 11.3 Å². The van der Waals surface area contributed by atoms with E-state index in [1.54, 1.807) is 18.1 Å². The van der Waals surface area contributed by atoms with Crippen LogP contribution in [0, 0.1) is 0 Å². The molecule has 18 heavy (non-hydrogen) atoms. The minimum absolute atomic E-state index is 0. The molecule has 3 nitrogen and oxygen atoms in total. The Labute approximate surface area is 109 Å². The van der Waals surface area contributed by atoms with Crippen molar-refractivity contribution < 1.29 is 13.2 Å². The summed E-state index contributed by atoms with van der Waals surface area (Å²) in [5.74, 6) is 0.780. The molecular weight excluding hydrogens is 267 g/mol. The lowest BCUT2D eigenvalue weighted by molar-refractivity contribution is -0.137. The molecule has 0 spiro atoms. The molecule has 2 rings (SSSR count). The predicted octanol–water partition coefficient (Wildman–Crippen LogP) is 2.87. The highest BCUT2D eigenvalue weighted by atomic mass is 35.5. The number of benzene rings is 1. The largest absolute Gasteiger partial charge is 0.416 e. The molecule has 1 aromatic carbocycles. The number of hydrogen-bond donors (Lipinski definition) is 1. The molecule has 1 aliphatic rings. The molecule has 0 radical (unpaired) electrons. The minimum atomic E-state index is -4.31. The number of amidine groups is 1. The lowest BCUT2D eigenvalue weighted by atomic mass is 10.2. The standard InChI is InChI=1S/C11H12F3N3.ClH/c1-15-10-5-6-17(16-10)9-4-2-3-8(7-9)11(12,13)14;/h2-4,7H,5-6H2,1H3,(H,15,16);1H. The molecule has 0 saturated carbocycles. The van der Waals surface area contributed by atoms with Gasteiger partial charge in [-0.25, -0.2) is 0 Å². The first-order chi connectivity index (χ1) is 8.00. The summed E-state index contributed by atoms with van der Waals surface area (Å²) in [6.45, 7) is 0.595. The van der Waals surface area contributed by atoms with Gasteiger partial charge in [-0.05, 0) is 18.2 Å². The first kappa shape index (κ1) is 14.6. The summed E-state index contributed by atoms with van der Waals surface area (Å²) < 4.78 is 37.6. The molecule has 0 fully saturated rings. The summed E-state index contributed by atoms with van der Waals surface area (Å²) in [7, 11) is 1.74. The normalized spacial score (nSPS) is 15.1. The minimum Gasteiger partial charge on any atom is -0.375 e. The van der Waals surface area contributed by atoms with Crippen LogP contribution in [0.4, 0.5) is 18.9 Å². The van der Waals surface area contributed by atoms with Crippen LogP contribution >= 0.6 is 12.4 Å². The number of rotatable bonds is 1. The van der Waals surface area contributed by atoms with Gasteiger partial charge in [0.15, 0.2) is 0 Å². The Bertz CT molecular complexity index is 445. The molecule has 7 heteroatoms. The molecule has 1 aromatic rings. The second-order valence-electron chi connectivity index (χ2n) is 3.72. The van der Waals surface area contributed by atoms with Crippen molar-refractivity contribution in [1.82, 2.24) is 5.32 Å². The molecule has 1 N–H and O–H groups in total. The molecule has 0 aliphatic carbocycles. The average Bonchev–Trinajstić information content (AvgIpc) is 2.76. The Balaban J connectivity index is 0.00000162. The van der Waals surface area contributed by atoms with Gasteiger partial charge in [0.2, 0.25) is 0 Å². The molecule has 0 atom stereocenters. The molecule has 0 unspecified atom stereocenters. The Morgan fingerprint density at radius 2 is 2.06 bits per heavy atom. The maximum atomic E-state index is 12.5. The molecule has 0 saturated heterocycles. The van der Waals surface area contributed by atoms with Gasteiger partial charge in [-0.3, -0.25) is 5.01 Å². The third-order valence-electron chi connectivity index (χ3n) is 2.56. The third-order valence-corrected chi connectivity index (χ3v) is 2.56. The summed E-state index contributed by atoms with van der Waals surface area (Å²) in [5, 5.41) is 8.64. The Hall–Kier alpha value is -1.43. The fraction of sp³-hybridized carbons (Fsp3) is 0.364. The zero-order valence-corrected chi connectivity index (χ0v) is 10.5. The first-order valence-electron chi connectivity index (χ1n) is 5.21. The monoisotopic (exact) mass is 279 g/mol. The highest BCUT2D eigenvalue weighted by Gasteiger charge is 2.31. The highest BCUT2D eigenvalue weighted by molar-refractivity contribution is 5.85. The smallest absolute Gasteiger partial charge is 0.375 e. The molecule has 0 bridgehead atoms. The van der Waals surface area contributed by atoms with Gasteiger partial charge >= 0.3 is 6.18 Å². The van der Waals surface area contributed by atoms with E-state index in [0.717, 1.165) is 18.0 Å². The maximum absolute atomic E-state index is 12.5. The quantitative estimate of drug-likeness (QED) is 0.856.